The van der Waals surface area contributed by atoms with Crippen molar-refractivity contribution in [3.63, 3.8) is 0 Å². The Morgan fingerprint density at radius 1 is 1.50 bits per heavy atom. The van der Waals surface area contributed by atoms with Crippen molar-refractivity contribution in [3.8, 4) is 0 Å². The van der Waals surface area contributed by atoms with Crippen molar-refractivity contribution in [3.05, 3.63) is 0 Å². The summed E-state index contributed by atoms with van der Waals surface area (Å²) in [5.74, 6) is 0. The molecule has 0 aliphatic rings. The summed E-state index contributed by atoms with van der Waals surface area (Å²) in [6.45, 7) is 4.59. The third-order valence-electron chi connectivity index (χ3n) is 0.577. The molecule has 0 amide bonds. The van der Waals surface area contributed by atoms with Crippen molar-refractivity contribution in [1.82, 2.24) is 0 Å². The van der Waals surface area contributed by atoms with Gasteiger partial charge in [0.05, 0.1) is 8.69 Å². The summed E-state index contributed by atoms with van der Waals surface area (Å²) in [5, 5.41) is 0. The van der Waals surface area contributed by atoms with Crippen molar-refractivity contribution >= 4 is 8.69 Å². The first-order chi connectivity index (χ1) is 3.83. The van der Waals surface area contributed by atoms with Gasteiger partial charge in [0.2, 0.25) is 0 Å². The number of hydrogen-bond donors (Lipinski definition) is 0. The Bertz CT molecular complexity index is 41.0. The summed E-state index contributed by atoms with van der Waals surface area (Å²) in [4.78, 5) is 8.35. The van der Waals surface area contributed by atoms with E-state index in [-0.39, 0.29) is 29.2 Å². The van der Waals surface area contributed by atoms with Crippen LogP contribution in [0.15, 0.2) is 0 Å². The number of hydrogen-bond acceptors (Lipinski definition) is 2. The van der Waals surface area contributed by atoms with E-state index < -0.39 is 8.69 Å². The van der Waals surface area contributed by atoms with Crippen molar-refractivity contribution in [2.75, 3.05) is 0 Å². The minimum Gasteiger partial charge on any atom is -0.772 e. The molecule has 0 aromatic carbocycles. The molecule has 0 unspecified atom stereocenters. The third-order valence-corrected chi connectivity index (χ3v) is 3.42. The van der Waals surface area contributed by atoms with Crippen LogP contribution < -0.4 is 4.89 Å². The molecule has 0 saturated heterocycles. The van der Waals surface area contributed by atoms with E-state index in [0.29, 0.717) is 0 Å². The first-order valence-electron chi connectivity index (χ1n) is 2.60. The first kappa shape index (κ1) is 11.9. The van der Waals surface area contributed by atoms with Crippen molar-refractivity contribution < 1.29 is 38.7 Å². The van der Waals surface area contributed by atoms with Gasteiger partial charge in [-0.2, -0.15) is 0 Å². The number of rotatable bonds is 2. The van der Waals surface area contributed by atoms with Gasteiger partial charge in [0.25, 0.3) is 0 Å². The Labute approximate surface area is 67.3 Å². The average Bonchev–Trinajstić information content (AvgIpc) is 1.71. The second-order valence-corrected chi connectivity index (χ2v) is 6.76. The monoisotopic (exact) mass is 210 g/mol. The van der Waals surface area contributed by atoms with Crippen molar-refractivity contribution in [2.45, 2.75) is 20.3 Å². The minimum atomic E-state index is -1.08. The summed E-state index contributed by atoms with van der Waals surface area (Å²) in [6.07, 6.45) is 0. The smallest absolute Gasteiger partial charge is 0.0642 e. The molecule has 0 radical (unpaired) electrons. The Hall–Kier alpha value is 1.16. The second-order valence-electron chi connectivity index (χ2n) is 1.18. The predicted octanol–water partition coefficient (Wildman–Crippen LogP) is 1.50. The van der Waals surface area contributed by atoms with E-state index in [2.05, 4.69) is 13.8 Å². The van der Waals surface area contributed by atoms with Crippen LogP contribution >= 0.6 is 8.69 Å². The van der Waals surface area contributed by atoms with Gasteiger partial charge < -0.3 is 4.89 Å². The van der Waals surface area contributed by atoms with Crippen molar-refractivity contribution in [1.29, 1.82) is 0 Å². The summed E-state index contributed by atoms with van der Waals surface area (Å²) < 4.78 is 11.4. The van der Waals surface area contributed by atoms with Crippen LogP contribution in [0, 0.1) is 0 Å². The van der Waals surface area contributed by atoms with Gasteiger partial charge in [0.15, 0.2) is 0 Å². The van der Waals surface area contributed by atoms with Gasteiger partial charge in [0, 0.05) is 0 Å². The standard InChI is InChI=1S/2C2H5.HO2P.Y/c2*1-2;1-3-2;/h2*1H2,2H3;(H,1,2);/q;;;+1/p-1. The van der Waals surface area contributed by atoms with Crippen LogP contribution in [0.25, 0.3) is 0 Å². The van der Waals surface area contributed by atoms with Crippen molar-refractivity contribution in [2.24, 2.45) is 0 Å². The van der Waals surface area contributed by atoms with Gasteiger partial charge in [-0.05, 0) is 0 Å². The predicted molar refractivity (Wildman–Crippen MR) is 28.6 cm³/mol. The molecule has 0 saturated carbocycles. The minimum absolute atomic E-state index is 0.0800. The summed E-state index contributed by atoms with van der Waals surface area (Å²) in [6, 6.07) is 0. The fourth-order valence-corrected chi connectivity index (χ4v) is 1.71. The van der Waals surface area contributed by atoms with Crippen LogP contribution in [0.4, 0.5) is 0 Å². The first-order valence-corrected chi connectivity index (χ1v) is 7.34. The van der Waals surface area contributed by atoms with Gasteiger partial charge in [-0.15, -0.1) is 0 Å². The molecule has 0 aromatic heterocycles. The molecular weight excluding hydrogens is 200 g/mol. The van der Waals surface area contributed by atoms with E-state index in [1.165, 1.54) is 6.46 Å². The van der Waals surface area contributed by atoms with E-state index in [4.69, 9.17) is 9.46 Å². The Balaban J connectivity index is 0. The fourth-order valence-electron chi connectivity index (χ4n) is 0.289. The van der Waals surface area contributed by atoms with Crippen LogP contribution in [0.5, 0.6) is 0 Å². The topological polar surface area (TPSA) is 40.1 Å². The van der Waals surface area contributed by atoms with Crippen LogP contribution in [0.2, 0.25) is 6.46 Å². The molecule has 0 heterocycles. The Morgan fingerprint density at radius 2 is 1.75 bits per heavy atom. The molecule has 0 fully saturated rings. The Kier molecular flexibility index (Phi) is 23.4. The molecule has 0 aromatic rings. The SMILES string of the molecule is C[CH2][Y+][CH2]C.O=P[O-]. The van der Waals surface area contributed by atoms with Gasteiger partial charge in [0.1, 0.15) is 0 Å². The molecular formula is C4H10O2PY. The maximum atomic E-state index is 8.35. The zero-order valence-electron chi connectivity index (χ0n) is 5.26. The molecule has 0 bridgehead atoms. The van der Waals surface area contributed by atoms with Crippen LogP contribution in [-0.4, -0.2) is 0 Å². The maximum Gasteiger partial charge on any atom is 0.0642 e. The zero-order chi connectivity index (χ0) is 6.83. The van der Waals surface area contributed by atoms with E-state index in [1.807, 2.05) is 0 Å². The van der Waals surface area contributed by atoms with Crippen LogP contribution in [0.3, 0.4) is 0 Å². The molecule has 0 N–H and O–H groups in total. The average molecular weight is 210 g/mol. The molecule has 46 valence electrons. The maximum absolute atomic E-state index is 8.35. The van der Waals surface area contributed by atoms with Gasteiger partial charge in [-0.1, -0.05) is 0 Å². The Morgan fingerprint density at radius 3 is 1.75 bits per heavy atom. The molecule has 8 heavy (non-hydrogen) atoms. The molecule has 0 atom stereocenters. The zero-order valence-corrected chi connectivity index (χ0v) is 8.99. The van der Waals surface area contributed by atoms with E-state index in [9.17, 15) is 0 Å². The normalized spacial score (nSPS) is 6.88. The third kappa shape index (κ3) is 27.2. The summed E-state index contributed by atoms with van der Waals surface area (Å²) in [7, 11) is -1.08. The fraction of sp³-hybridized carbons (Fsp3) is 1.00. The van der Waals surface area contributed by atoms with E-state index in [1.54, 1.807) is 0 Å². The van der Waals surface area contributed by atoms with Gasteiger partial charge >= 0.3 is 49.5 Å². The molecule has 0 aliphatic carbocycles. The molecule has 4 heteroatoms. The summed E-state index contributed by atoms with van der Waals surface area (Å²) in [5.41, 5.74) is 0. The van der Waals surface area contributed by atoms with Crippen LogP contribution in [0.1, 0.15) is 13.8 Å². The van der Waals surface area contributed by atoms with E-state index in [0.717, 1.165) is 0 Å². The quantitative estimate of drug-likeness (QED) is 0.648. The van der Waals surface area contributed by atoms with Crippen LogP contribution in [-0.2, 0) is 33.8 Å². The molecule has 0 aliphatic heterocycles. The molecule has 2 nitrogen and oxygen atoms in total. The summed E-state index contributed by atoms with van der Waals surface area (Å²) >= 11 is 0.0800. The van der Waals surface area contributed by atoms with Gasteiger partial charge in [-0.3, -0.25) is 4.57 Å². The van der Waals surface area contributed by atoms with E-state index >= 15 is 0 Å². The largest absolute Gasteiger partial charge is 0.772 e. The van der Waals surface area contributed by atoms with Gasteiger partial charge in [-0.25, -0.2) is 0 Å². The molecule has 0 spiro atoms. The molecule has 0 rings (SSSR count). The second kappa shape index (κ2) is 15.7.